The highest BCUT2D eigenvalue weighted by atomic mass is 16.1. The minimum Gasteiger partial charge on any atom is -0.388 e. The van der Waals surface area contributed by atoms with E-state index in [1.807, 2.05) is 20.8 Å². The molecular weight excluding hydrogens is 186 g/mol. The maximum atomic E-state index is 11.8. The van der Waals surface area contributed by atoms with Crippen LogP contribution in [0.4, 0.5) is 0 Å². The maximum Gasteiger partial charge on any atom is 0.162 e. The molecule has 0 aliphatic rings. The van der Waals surface area contributed by atoms with Crippen molar-refractivity contribution in [3.63, 3.8) is 0 Å². The lowest BCUT2D eigenvalue weighted by molar-refractivity contribution is -0.121. The second-order valence-electron chi connectivity index (χ2n) is 5.41. The van der Waals surface area contributed by atoms with E-state index >= 15 is 0 Å². The van der Waals surface area contributed by atoms with Crippen molar-refractivity contribution in [3.8, 4) is 0 Å². The van der Waals surface area contributed by atoms with E-state index in [-0.39, 0.29) is 11.2 Å². The zero-order valence-electron chi connectivity index (χ0n) is 11.0. The van der Waals surface area contributed by atoms with Crippen LogP contribution in [0.15, 0.2) is 11.8 Å². The van der Waals surface area contributed by atoms with Crippen molar-refractivity contribution in [3.05, 3.63) is 11.8 Å². The van der Waals surface area contributed by atoms with E-state index in [1.165, 1.54) is 0 Å². The smallest absolute Gasteiger partial charge is 0.162 e. The molecule has 0 rings (SSSR count). The highest BCUT2D eigenvalue weighted by molar-refractivity contribution is 5.94. The maximum absolute atomic E-state index is 11.8. The first-order valence-corrected chi connectivity index (χ1v) is 5.76. The Kier molecular flexibility index (Phi) is 5.63. The summed E-state index contributed by atoms with van der Waals surface area (Å²) in [7, 11) is 0. The Morgan fingerprint density at radius 2 is 1.87 bits per heavy atom. The Bertz CT molecular complexity index is 233. The molecule has 1 N–H and O–H groups in total. The fourth-order valence-electron chi connectivity index (χ4n) is 0.988. The SMILES string of the molecule is CC/C(=C/C(=O)C(C)(C)C)NCC(C)C. The topological polar surface area (TPSA) is 29.1 Å². The van der Waals surface area contributed by atoms with Crippen LogP contribution in [-0.2, 0) is 4.79 Å². The molecule has 0 fully saturated rings. The quantitative estimate of drug-likeness (QED) is 0.708. The molecule has 0 aliphatic carbocycles. The van der Waals surface area contributed by atoms with Gasteiger partial charge >= 0.3 is 0 Å². The number of hydrogen-bond donors (Lipinski definition) is 1. The van der Waals surface area contributed by atoms with Crippen LogP contribution >= 0.6 is 0 Å². The van der Waals surface area contributed by atoms with E-state index in [9.17, 15) is 4.79 Å². The third-order valence-corrected chi connectivity index (χ3v) is 2.16. The minimum absolute atomic E-state index is 0.190. The lowest BCUT2D eigenvalue weighted by atomic mass is 9.90. The Morgan fingerprint density at radius 3 is 2.20 bits per heavy atom. The second-order valence-corrected chi connectivity index (χ2v) is 5.41. The molecule has 0 aliphatic heterocycles. The number of hydrogen-bond acceptors (Lipinski definition) is 2. The van der Waals surface area contributed by atoms with Crippen molar-refractivity contribution in [1.82, 2.24) is 5.32 Å². The van der Waals surface area contributed by atoms with E-state index < -0.39 is 0 Å². The number of rotatable bonds is 5. The van der Waals surface area contributed by atoms with Crippen molar-refractivity contribution in [2.45, 2.75) is 48.0 Å². The first-order chi connectivity index (χ1) is 6.77. The average Bonchev–Trinajstić information content (AvgIpc) is 2.09. The first kappa shape index (κ1) is 14.2. The van der Waals surface area contributed by atoms with Gasteiger partial charge in [-0.15, -0.1) is 0 Å². The molecule has 2 heteroatoms. The van der Waals surface area contributed by atoms with Crippen molar-refractivity contribution in [2.75, 3.05) is 6.54 Å². The number of carbonyl (C=O) groups is 1. The zero-order valence-corrected chi connectivity index (χ0v) is 11.0. The summed E-state index contributed by atoms with van der Waals surface area (Å²) in [6.45, 7) is 13.1. The number of ketones is 1. The Balaban J connectivity index is 4.40. The Hall–Kier alpha value is -0.790. The van der Waals surface area contributed by atoms with Gasteiger partial charge in [-0.1, -0.05) is 41.5 Å². The van der Waals surface area contributed by atoms with Crippen molar-refractivity contribution in [1.29, 1.82) is 0 Å². The molecule has 0 atom stereocenters. The third kappa shape index (κ3) is 6.32. The Labute approximate surface area is 94.1 Å². The summed E-state index contributed by atoms with van der Waals surface area (Å²) in [5.41, 5.74) is 0.767. The van der Waals surface area contributed by atoms with Gasteiger partial charge in [0.15, 0.2) is 5.78 Å². The molecule has 0 unspecified atom stereocenters. The van der Waals surface area contributed by atoms with Crippen molar-refractivity contribution in [2.24, 2.45) is 11.3 Å². The molecule has 2 nitrogen and oxygen atoms in total. The lowest BCUT2D eigenvalue weighted by Gasteiger charge is -2.16. The molecule has 88 valence electrons. The van der Waals surface area contributed by atoms with Gasteiger partial charge in [0.1, 0.15) is 0 Å². The second kappa shape index (κ2) is 5.94. The van der Waals surface area contributed by atoms with Gasteiger partial charge in [-0.05, 0) is 12.3 Å². The van der Waals surface area contributed by atoms with Crippen LogP contribution in [-0.4, -0.2) is 12.3 Å². The monoisotopic (exact) mass is 211 g/mol. The highest BCUT2D eigenvalue weighted by Crippen LogP contribution is 2.16. The van der Waals surface area contributed by atoms with Crippen LogP contribution in [0.25, 0.3) is 0 Å². The zero-order chi connectivity index (χ0) is 12.1. The van der Waals surface area contributed by atoms with Crippen molar-refractivity contribution < 1.29 is 4.79 Å². The summed E-state index contributed by atoms with van der Waals surface area (Å²) in [6.07, 6.45) is 2.64. The molecule has 0 bridgehead atoms. The minimum atomic E-state index is -0.278. The Morgan fingerprint density at radius 1 is 1.33 bits per heavy atom. The van der Waals surface area contributed by atoms with E-state index in [4.69, 9.17) is 0 Å². The molecular formula is C13H25NO. The largest absolute Gasteiger partial charge is 0.388 e. The molecule has 0 spiro atoms. The molecule has 0 saturated carbocycles. The summed E-state index contributed by atoms with van der Waals surface area (Å²) in [4.78, 5) is 11.8. The summed E-state index contributed by atoms with van der Waals surface area (Å²) in [5, 5.41) is 3.31. The van der Waals surface area contributed by atoms with Gasteiger partial charge in [-0.3, -0.25) is 4.79 Å². The van der Waals surface area contributed by atoms with Crippen molar-refractivity contribution >= 4 is 5.78 Å². The summed E-state index contributed by atoms with van der Waals surface area (Å²) < 4.78 is 0. The average molecular weight is 211 g/mol. The van der Waals surface area contributed by atoms with E-state index in [0.29, 0.717) is 5.92 Å². The fraction of sp³-hybridized carbons (Fsp3) is 0.769. The van der Waals surface area contributed by atoms with Gasteiger partial charge < -0.3 is 5.32 Å². The van der Waals surface area contributed by atoms with Gasteiger partial charge in [0.25, 0.3) is 0 Å². The highest BCUT2D eigenvalue weighted by Gasteiger charge is 2.19. The van der Waals surface area contributed by atoms with Gasteiger partial charge in [-0.2, -0.15) is 0 Å². The molecule has 15 heavy (non-hydrogen) atoms. The molecule has 0 aromatic heterocycles. The van der Waals surface area contributed by atoms with E-state index in [2.05, 4.69) is 26.1 Å². The molecule has 0 aromatic rings. The molecule has 0 saturated heterocycles. The van der Waals surface area contributed by atoms with Crippen LogP contribution in [0.1, 0.15) is 48.0 Å². The third-order valence-electron chi connectivity index (χ3n) is 2.16. The normalized spacial score (nSPS) is 13.1. The summed E-state index contributed by atoms with van der Waals surface area (Å²) in [5.74, 6) is 0.792. The molecule has 0 amide bonds. The number of carbonyl (C=O) groups excluding carboxylic acids is 1. The van der Waals surface area contributed by atoms with Crippen LogP contribution in [0.2, 0.25) is 0 Å². The van der Waals surface area contributed by atoms with Gasteiger partial charge in [0.05, 0.1) is 0 Å². The van der Waals surface area contributed by atoms with E-state index in [0.717, 1.165) is 18.7 Å². The number of allylic oxidation sites excluding steroid dienone is 2. The standard InChI is InChI=1S/C13H25NO/c1-7-11(14-9-10(2)3)8-12(15)13(4,5)6/h8,10,14H,7,9H2,1-6H3/b11-8-. The van der Waals surface area contributed by atoms with Gasteiger partial charge in [0, 0.05) is 23.7 Å². The first-order valence-electron chi connectivity index (χ1n) is 5.76. The van der Waals surface area contributed by atoms with Crippen LogP contribution in [0.5, 0.6) is 0 Å². The van der Waals surface area contributed by atoms with Gasteiger partial charge in [-0.25, -0.2) is 0 Å². The van der Waals surface area contributed by atoms with E-state index in [1.54, 1.807) is 6.08 Å². The summed E-state index contributed by atoms with van der Waals surface area (Å²) in [6, 6.07) is 0. The lowest BCUT2D eigenvalue weighted by Crippen LogP contribution is -2.23. The number of nitrogens with one attached hydrogen (secondary N) is 1. The van der Waals surface area contributed by atoms with Crippen LogP contribution < -0.4 is 5.32 Å². The predicted molar refractivity (Wildman–Crippen MR) is 65.7 cm³/mol. The predicted octanol–water partition coefficient (Wildman–Crippen LogP) is 3.14. The summed E-state index contributed by atoms with van der Waals surface area (Å²) >= 11 is 0. The van der Waals surface area contributed by atoms with Gasteiger partial charge in [0.2, 0.25) is 0 Å². The molecule has 0 radical (unpaired) electrons. The molecule has 0 aromatic carbocycles. The van der Waals surface area contributed by atoms with Crippen LogP contribution in [0, 0.1) is 11.3 Å². The molecule has 0 heterocycles. The fourth-order valence-corrected chi connectivity index (χ4v) is 0.988. The van der Waals surface area contributed by atoms with Crippen LogP contribution in [0.3, 0.4) is 0 Å².